The second kappa shape index (κ2) is 8.62. The number of methoxy groups -OCH3 is 1. The molecule has 26 heavy (non-hydrogen) atoms. The van der Waals surface area contributed by atoms with Crippen LogP contribution in [0.25, 0.3) is 0 Å². The summed E-state index contributed by atoms with van der Waals surface area (Å²) in [5.74, 6) is 0.980. The summed E-state index contributed by atoms with van der Waals surface area (Å²) in [4.78, 5) is 20.7. The van der Waals surface area contributed by atoms with Crippen LogP contribution >= 0.6 is 0 Å². The number of anilines is 2. The fourth-order valence-corrected chi connectivity index (χ4v) is 2.40. The van der Waals surface area contributed by atoms with Crippen molar-refractivity contribution in [1.29, 1.82) is 0 Å². The third kappa shape index (κ3) is 4.80. The van der Waals surface area contributed by atoms with Gasteiger partial charge in [-0.25, -0.2) is 9.97 Å². The number of ether oxygens (including phenoxy) is 1. The average Bonchev–Trinajstić information content (AvgIpc) is 2.69. The highest BCUT2D eigenvalue weighted by molar-refractivity contribution is 5.92. The molecule has 1 heterocycles. The maximum Gasteiger partial charge on any atom is 0.270 e. The zero-order valence-electron chi connectivity index (χ0n) is 14.5. The Morgan fingerprint density at radius 2 is 1.81 bits per heavy atom. The summed E-state index contributed by atoms with van der Waals surface area (Å²) in [5.41, 5.74) is 2.32. The van der Waals surface area contributed by atoms with Crippen molar-refractivity contribution in [3.63, 3.8) is 0 Å². The van der Waals surface area contributed by atoms with Crippen LogP contribution in [0.5, 0.6) is 5.75 Å². The lowest BCUT2D eigenvalue weighted by Gasteiger charge is -2.08. The zero-order chi connectivity index (χ0) is 18.2. The van der Waals surface area contributed by atoms with Gasteiger partial charge in [-0.3, -0.25) is 4.79 Å². The Morgan fingerprint density at radius 1 is 1.04 bits per heavy atom. The van der Waals surface area contributed by atoms with Crippen LogP contribution in [-0.4, -0.2) is 29.5 Å². The van der Waals surface area contributed by atoms with Crippen LogP contribution in [-0.2, 0) is 6.42 Å². The minimum atomic E-state index is -0.225. The molecular formula is C20H20N4O2. The average molecular weight is 348 g/mol. The fraction of sp³-hybridized carbons (Fsp3) is 0.150. The van der Waals surface area contributed by atoms with E-state index in [4.69, 9.17) is 4.74 Å². The molecule has 132 valence electrons. The first-order valence-corrected chi connectivity index (χ1v) is 8.31. The fourth-order valence-electron chi connectivity index (χ4n) is 2.40. The molecule has 0 aliphatic rings. The smallest absolute Gasteiger partial charge is 0.270 e. The molecule has 0 unspecified atom stereocenters. The number of hydrogen-bond donors (Lipinski definition) is 2. The van der Waals surface area contributed by atoms with Gasteiger partial charge in [-0.1, -0.05) is 30.3 Å². The Morgan fingerprint density at radius 3 is 2.54 bits per heavy atom. The quantitative estimate of drug-likeness (QED) is 0.686. The number of carbonyl (C=O) groups is 1. The van der Waals surface area contributed by atoms with E-state index >= 15 is 0 Å². The largest absolute Gasteiger partial charge is 0.497 e. The SMILES string of the molecule is COc1ccc(CCNC(=O)c2ccnc(Nc3ccccc3)n2)cc1. The number of amides is 1. The van der Waals surface area contributed by atoms with E-state index in [0.29, 0.717) is 18.2 Å². The molecular weight excluding hydrogens is 328 g/mol. The van der Waals surface area contributed by atoms with Crippen molar-refractivity contribution < 1.29 is 9.53 Å². The van der Waals surface area contributed by atoms with E-state index in [-0.39, 0.29) is 5.91 Å². The predicted molar refractivity (Wildman–Crippen MR) is 101 cm³/mol. The number of nitrogens with zero attached hydrogens (tertiary/aromatic N) is 2. The number of hydrogen-bond acceptors (Lipinski definition) is 5. The van der Waals surface area contributed by atoms with Crippen molar-refractivity contribution in [3.8, 4) is 5.75 Å². The molecule has 2 N–H and O–H groups in total. The van der Waals surface area contributed by atoms with Gasteiger partial charge in [-0.2, -0.15) is 0 Å². The summed E-state index contributed by atoms with van der Waals surface area (Å²) >= 11 is 0. The number of carbonyl (C=O) groups excluding carboxylic acids is 1. The topological polar surface area (TPSA) is 76.1 Å². The van der Waals surface area contributed by atoms with E-state index in [9.17, 15) is 4.79 Å². The Hall–Kier alpha value is -3.41. The molecule has 0 bridgehead atoms. The van der Waals surface area contributed by atoms with Crippen LogP contribution in [0.3, 0.4) is 0 Å². The highest BCUT2D eigenvalue weighted by Crippen LogP contribution is 2.12. The highest BCUT2D eigenvalue weighted by atomic mass is 16.5. The lowest BCUT2D eigenvalue weighted by Crippen LogP contribution is -2.26. The molecule has 0 radical (unpaired) electrons. The molecule has 0 saturated heterocycles. The van der Waals surface area contributed by atoms with Crippen LogP contribution in [0, 0.1) is 0 Å². The van der Waals surface area contributed by atoms with Crippen molar-refractivity contribution in [2.45, 2.75) is 6.42 Å². The molecule has 0 spiro atoms. The number of para-hydroxylation sites is 1. The Bertz CT molecular complexity index is 851. The summed E-state index contributed by atoms with van der Waals surface area (Å²) < 4.78 is 5.13. The van der Waals surface area contributed by atoms with E-state index < -0.39 is 0 Å². The Labute approximate surface area is 152 Å². The maximum absolute atomic E-state index is 12.3. The van der Waals surface area contributed by atoms with E-state index in [1.807, 2.05) is 54.6 Å². The van der Waals surface area contributed by atoms with E-state index in [0.717, 1.165) is 23.4 Å². The molecule has 3 aromatic rings. The minimum Gasteiger partial charge on any atom is -0.497 e. The zero-order valence-corrected chi connectivity index (χ0v) is 14.5. The lowest BCUT2D eigenvalue weighted by molar-refractivity contribution is 0.0949. The number of benzene rings is 2. The third-order valence-electron chi connectivity index (χ3n) is 3.78. The van der Waals surface area contributed by atoms with Gasteiger partial charge in [0.05, 0.1) is 7.11 Å². The molecule has 0 aliphatic carbocycles. The molecule has 0 saturated carbocycles. The first kappa shape index (κ1) is 17.4. The van der Waals surface area contributed by atoms with Gasteiger partial charge >= 0.3 is 0 Å². The second-order valence-corrected chi connectivity index (χ2v) is 5.61. The predicted octanol–water partition coefficient (Wildman–Crippen LogP) is 3.20. The summed E-state index contributed by atoms with van der Waals surface area (Å²) in [6.07, 6.45) is 2.30. The standard InChI is InChI=1S/C20H20N4O2/c1-26-17-9-7-15(8-10-17)11-13-21-19(25)18-12-14-22-20(24-18)23-16-5-3-2-4-6-16/h2-10,12,14H,11,13H2,1H3,(H,21,25)(H,22,23,24). The molecule has 0 aliphatic heterocycles. The van der Waals surface area contributed by atoms with E-state index in [2.05, 4.69) is 20.6 Å². The van der Waals surface area contributed by atoms with Gasteiger partial charge in [-0.05, 0) is 42.3 Å². The van der Waals surface area contributed by atoms with Crippen LogP contribution in [0.1, 0.15) is 16.1 Å². The summed E-state index contributed by atoms with van der Waals surface area (Å²) in [5, 5.41) is 5.96. The van der Waals surface area contributed by atoms with Gasteiger partial charge in [0, 0.05) is 18.4 Å². The monoisotopic (exact) mass is 348 g/mol. The van der Waals surface area contributed by atoms with E-state index in [1.165, 1.54) is 0 Å². The molecule has 1 aromatic heterocycles. The molecule has 0 fully saturated rings. The van der Waals surface area contributed by atoms with Gasteiger partial charge in [0.1, 0.15) is 11.4 Å². The molecule has 0 atom stereocenters. The van der Waals surface area contributed by atoms with Crippen LogP contribution in [0.4, 0.5) is 11.6 Å². The Kier molecular flexibility index (Phi) is 5.77. The number of rotatable bonds is 7. The summed E-state index contributed by atoms with van der Waals surface area (Å²) in [7, 11) is 1.64. The molecule has 2 aromatic carbocycles. The van der Waals surface area contributed by atoms with Crippen LogP contribution in [0.2, 0.25) is 0 Å². The van der Waals surface area contributed by atoms with Crippen molar-refractivity contribution in [2.75, 3.05) is 19.0 Å². The molecule has 6 nitrogen and oxygen atoms in total. The lowest BCUT2D eigenvalue weighted by atomic mass is 10.1. The molecule has 1 amide bonds. The van der Waals surface area contributed by atoms with Crippen molar-refractivity contribution >= 4 is 17.5 Å². The third-order valence-corrected chi connectivity index (χ3v) is 3.78. The van der Waals surface area contributed by atoms with Gasteiger partial charge in [0.2, 0.25) is 5.95 Å². The Balaban J connectivity index is 1.55. The number of nitrogens with one attached hydrogen (secondary N) is 2. The maximum atomic E-state index is 12.3. The van der Waals surface area contributed by atoms with Gasteiger partial charge in [-0.15, -0.1) is 0 Å². The van der Waals surface area contributed by atoms with Gasteiger partial charge < -0.3 is 15.4 Å². The van der Waals surface area contributed by atoms with Gasteiger partial charge in [0.15, 0.2) is 0 Å². The van der Waals surface area contributed by atoms with Gasteiger partial charge in [0.25, 0.3) is 5.91 Å². The summed E-state index contributed by atoms with van der Waals surface area (Å²) in [6, 6.07) is 18.9. The first-order valence-electron chi connectivity index (χ1n) is 8.31. The highest BCUT2D eigenvalue weighted by Gasteiger charge is 2.08. The van der Waals surface area contributed by atoms with Crippen LogP contribution in [0.15, 0.2) is 66.9 Å². The van der Waals surface area contributed by atoms with Crippen molar-refractivity contribution in [2.24, 2.45) is 0 Å². The molecule has 3 rings (SSSR count). The van der Waals surface area contributed by atoms with Crippen molar-refractivity contribution in [3.05, 3.63) is 78.1 Å². The normalized spacial score (nSPS) is 10.2. The number of aromatic nitrogens is 2. The summed E-state index contributed by atoms with van der Waals surface area (Å²) in [6.45, 7) is 0.524. The van der Waals surface area contributed by atoms with Crippen molar-refractivity contribution in [1.82, 2.24) is 15.3 Å². The minimum absolute atomic E-state index is 0.225. The van der Waals surface area contributed by atoms with E-state index in [1.54, 1.807) is 19.4 Å². The second-order valence-electron chi connectivity index (χ2n) is 5.61. The first-order chi connectivity index (χ1) is 12.7. The molecule has 6 heteroatoms. The van der Waals surface area contributed by atoms with Crippen LogP contribution < -0.4 is 15.4 Å².